The standard InChI is InChI=1S/C11H20N2O2/c1-13(10(14)11(12)4-5-11)7-9-3-2-6-15-8-9/h9H,2-8,12H2,1H3. The fourth-order valence-corrected chi connectivity index (χ4v) is 2.15. The monoisotopic (exact) mass is 212 g/mol. The molecule has 1 heterocycles. The molecule has 1 aliphatic heterocycles. The molecule has 0 radical (unpaired) electrons. The van der Waals surface area contributed by atoms with E-state index in [0.717, 1.165) is 45.4 Å². The minimum atomic E-state index is -0.524. The SMILES string of the molecule is CN(CC1CCCOC1)C(=O)C1(N)CC1. The normalized spacial score (nSPS) is 28.5. The molecule has 2 aliphatic rings. The highest BCUT2D eigenvalue weighted by atomic mass is 16.5. The highest BCUT2D eigenvalue weighted by Crippen LogP contribution is 2.34. The Morgan fingerprint density at radius 1 is 1.60 bits per heavy atom. The van der Waals surface area contributed by atoms with Crippen molar-refractivity contribution in [3.63, 3.8) is 0 Å². The molecule has 4 heteroatoms. The summed E-state index contributed by atoms with van der Waals surface area (Å²) in [4.78, 5) is 13.6. The number of hydrogen-bond acceptors (Lipinski definition) is 3. The number of carbonyl (C=O) groups excluding carboxylic acids is 1. The van der Waals surface area contributed by atoms with Crippen LogP contribution in [0.5, 0.6) is 0 Å². The van der Waals surface area contributed by atoms with E-state index in [0.29, 0.717) is 5.92 Å². The second-order valence-corrected chi connectivity index (χ2v) is 4.92. The molecule has 1 amide bonds. The Balaban J connectivity index is 1.80. The van der Waals surface area contributed by atoms with Crippen LogP contribution in [0.3, 0.4) is 0 Å². The molecule has 2 rings (SSSR count). The van der Waals surface area contributed by atoms with Gasteiger partial charge in [0.2, 0.25) is 5.91 Å². The topological polar surface area (TPSA) is 55.6 Å². The summed E-state index contributed by atoms with van der Waals surface area (Å²) in [6.07, 6.45) is 3.96. The van der Waals surface area contributed by atoms with E-state index in [4.69, 9.17) is 10.5 Å². The Morgan fingerprint density at radius 2 is 2.33 bits per heavy atom. The quantitative estimate of drug-likeness (QED) is 0.735. The fraction of sp³-hybridized carbons (Fsp3) is 0.909. The van der Waals surface area contributed by atoms with Crippen molar-refractivity contribution < 1.29 is 9.53 Å². The zero-order valence-electron chi connectivity index (χ0n) is 9.37. The first kappa shape index (κ1) is 10.9. The van der Waals surface area contributed by atoms with Gasteiger partial charge in [0.05, 0.1) is 12.1 Å². The van der Waals surface area contributed by atoms with E-state index in [1.807, 2.05) is 7.05 Å². The van der Waals surface area contributed by atoms with E-state index in [9.17, 15) is 4.79 Å². The highest BCUT2D eigenvalue weighted by Gasteiger charge is 2.47. The molecular formula is C11H20N2O2. The van der Waals surface area contributed by atoms with Gasteiger partial charge in [-0.05, 0) is 31.6 Å². The molecule has 2 N–H and O–H groups in total. The van der Waals surface area contributed by atoms with Crippen LogP contribution in [0, 0.1) is 5.92 Å². The molecule has 0 spiro atoms. The molecule has 2 fully saturated rings. The largest absolute Gasteiger partial charge is 0.381 e. The summed E-state index contributed by atoms with van der Waals surface area (Å²) < 4.78 is 5.39. The van der Waals surface area contributed by atoms with Gasteiger partial charge in [0.1, 0.15) is 0 Å². The van der Waals surface area contributed by atoms with E-state index in [-0.39, 0.29) is 5.91 Å². The minimum Gasteiger partial charge on any atom is -0.381 e. The Labute approximate surface area is 90.8 Å². The van der Waals surface area contributed by atoms with Gasteiger partial charge in [-0.2, -0.15) is 0 Å². The zero-order valence-corrected chi connectivity index (χ0v) is 9.37. The van der Waals surface area contributed by atoms with Crippen molar-refractivity contribution in [2.75, 3.05) is 26.8 Å². The minimum absolute atomic E-state index is 0.105. The number of likely N-dealkylation sites (N-methyl/N-ethyl adjacent to an activating group) is 1. The maximum Gasteiger partial charge on any atom is 0.242 e. The molecule has 0 aromatic heterocycles. The molecular weight excluding hydrogens is 192 g/mol. The van der Waals surface area contributed by atoms with Gasteiger partial charge in [-0.15, -0.1) is 0 Å². The maximum absolute atomic E-state index is 11.9. The predicted molar refractivity (Wildman–Crippen MR) is 57.3 cm³/mol. The molecule has 1 saturated carbocycles. The van der Waals surface area contributed by atoms with Gasteiger partial charge in [0.25, 0.3) is 0 Å². The lowest BCUT2D eigenvalue weighted by Gasteiger charge is -2.28. The van der Waals surface area contributed by atoms with Gasteiger partial charge in [0.15, 0.2) is 0 Å². The first-order valence-corrected chi connectivity index (χ1v) is 5.74. The average molecular weight is 212 g/mol. The second kappa shape index (κ2) is 4.10. The van der Waals surface area contributed by atoms with Crippen LogP contribution >= 0.6 is 0 Å². The predicted octanol–water partition coefficient (Wildman–Crippen LogP) is 0.363. The van der Waals surface area contributed by atoms with Crippen LogP contribution in [-0.4, -0.2) is 43.2 Å². The molecule has 1 saturated heterocycles. The third-order valence-corrected chi connectivity index (χ3v) is 3.35. The Hall–Kier alpha value is -0.610. The van der Waals surface area contributed by atoms with Gasteiger partial charge in [-0.25, -0.2) is 0 Å². The summed E-state index contributed by atoms with van der Waals surface area (Å²) in [6, 6.07) is 0. The van der Waals surface area contributed by atoms with Crippen LogP contribution in [-0.2, 0) is 9.53 Å². The first-order valence-electron chi connectivity index (χ1n) is 5.74. The van der Waals surface area contributed by atoms with Gasteiger partial charge in [-0.3, -0.25) is 4.79 Å². The van der Waals surface area contributed by atoms with E-state index < -0.39 is 5.54 Å². The maximum atomic E-state index is 11.9. The number of rotatable bonds is 3. The molecule has 0 aromatic carbocycles. The van der Waals surface area contributed by atoms with Crippen LogP contribution < -0.4 is 5.73 Å². The third kappa shape index (κ3) is 2.49. The molecule has 0 bridgehead atoms. The number of carbonyl (C=O) groups is 1. The third-order valence-electron chi connectivity index (χ3n) is 3.35. The molecule has 1 unspecified atom stereocenters. The van der Waals surface area contributed by atoms with Crippen LogP contribution in [0.25, 0.3) is 0 Å². The van der Waals surface area contributed by atoms with Gasteiger partial charge in [-0.1, -0.05) is 0 Å². The summed E-state index contributed by atoms with van der Waals surface area (Å²) in [5, 5.41) is 0. The number of nitrogens with zero attached hydrogens (tertiary/aromatic N) is 1. The van der Waals surface area contributed by atoms with Crippen molar-refractivity contribution >= 4 is 5.91 Å². The van der Waals surface area contributed by atoms with Gasteiger partial charge < -0.3 is 15.4 Å². The van der Waals surface area contributed by atoms with Crippen molar-refractivity contribution in [3.8, 4) is 0 Å². The Bertz CT molecular complexity index is 245. The van der Waals surface area contributed by atoms with Crippen molar-refractivity contribution in [1.29, 1.82) is 0 Å². The number of hydrogen-bond donors (Lipinski definition) is 1. The molecule has 4 nitrogen and oxygen atoms in total. The summed E-state index contributed by atoms with van der Waals surface area (Å²) >= 11 is 0. The summed E-state index contributed by atoms with van der Waals surface area (Å²) in [5.74, 6) is 0.600. The Morgan fingerprint density at radius 3 is 2.87 bits per heavy atom. The first-order chi connectivity index (χ1) is 7.12. The highest BCUT2D eigenvalue weighted by molar-refractivity contribution is 5.88. The fourth-order valence-electron chi connectivity index (χ4n) is 2.15. The van der Waals surface area contributed by atoms with Crippen LogP contribution in [0.4, 0.5) is 0 Å². The van der Waals surface area contributed by atoms with E-state index in [1.165, 1.54) is 0 Å². The van der Waals surface area contributed by atoms with Crippen LogP contribution in [0.1, 0.15) is 25.7 Å². The molecule has 15 heavy (non-hydrogen) atoms. The lowest BCUT2D eigenvalue weighted by molar-refractivity contribution is -0.133. The van der Waals surface area contributed by atoms with Gasteiger partial charge >= 0.3 is 0 Å². The van der Waals surface area contributed by atoms with Crippen molar-refractivity contribution in [2.24, 2.45) is 11.7 Å². The smallest absolute Gasteiger partial charge is 0.242 e. The van der Waals surface area contributed by atoms with Crippen molar-refractivity contribution in [1.82, 2.24) is 4.90 Å². The molecule has 1 aliphatic carbocycles. The van der Waals surface area contributed by atoms with Crippen LogP contribution in [0.15, 0.2) is 0 Å². The molecule has 0 aromatic rings. The molecule has 1 atom stereocenters. The number of amides is 1. The average Bonchev–Trinajstić information content (AvgIpc) is 2.98. The summed E-state index contributed by atoms with van der Waals surface area (Å²) in [6.45, 7) is 2.45. The lowest BCUT2D eigenvalue weighted by Crippen LogP contribution is -2.46. The summed E-state index contributed by atoms with van der Waals surface area (Å²) in [7, 11) is 1.85. The van der Waals surface area contributed by atoms with E-state index in [2.05, 4.69) is 0 Å². The van der Waals surface area contributed by atoms with Crippen molar-refractivity contribution in [2.45, 2.75) is 31.2 Å². The van der Waals surface area contributed by atoms with Gasteiger partial charge in [0, 0.05) is 20.2 Å². The number of nitrogens with two attached hydrogens (primary N) is 1. The van der Waals surface area contributed by atoms with Crippen molar-refractivity contribution in [3.05, 3.63) is 0 Å². The lowest BCUT2D eigenvalue weighted by atomic mass is 10.0. The second-order valence-electron chi connectivity index (χ2n) is 4.92. The van der Waals surface area contributed by atoms with E-state index in [1.54, 1.807) is 4.90 Å². The zero-order chi connectivity index (χ0) is 10.9. The van der Waals surface area contributed by atoms with Crippen LogP contribution in [0.2, 0.25) is 0 Å². The van der Waals surface area contributed by atoms with E-state index >= 15 is 0 Å². The number of ether oxygens (including phenoxy) is 1. The molecule has 86 valence electrons. The Kier molecular flexibility index (Phi) is 2.98. The summed E-state index contributed by atoms with van der Waals surface area (Å²) in [5.41, 5.74) is 5.35.